The zero-order valence-electron chi connectivity index (χ0n) is 20.3. The van der Waals surface area contributed by atoms with E-state index in [1.165, 1.54) is 0 Å². The molecule has 9 heteroatoms. The predicted molar refractivity (Wildman–Crippen MR) is 150 cm³/mol. The van der Waals surface area contributed by atoms with Crippen LogP contribution in [0.1, 0.15) is 36.5 Å². The second kappa shape index (κ2) is 10.5. The number of carbonyl (C=O) groups excluding carboxylic acids is 1. The number of halogens is 2. The first-order valence-electron chi connectivity index (χ1n) is 12.2. The summed E-state index contributed by atoms with van der Waals surface area (Å²) in [6.45, 7) is 3.55. The van der Waals surface area contributed by atoms with Gasteiger partial charge in [-0.2, -0.15) is 0 Å². The lowest BCUT2D eigenvalue weighted by Crippen LogP contribution is -2.43. The van der Waals surface area contributed by atoms with Crippen LogP contribution in [0.5, 0.6) is 5.75 Å². The molecule has 1 saturated heterocycles. The van der Waals surface area contributed by atoms with E-state index in [0.717, 1.165) is 59.5 Å². The quantitative estimate of drug-likeness (QED) is 0.239. The van der Waals surface area contributed by atoms with Crippen molar-refractivity contribution in [2.24, 2.45) is 5.73 Å². The Balaban J connectivity index is 1.55. The second-order valence-electron chi connectivity index (χ2n) is 9.22. The van der Waals surface area contributed by atoms with Crippen LogP contribution in [-0.2, 0) is 0 Å². The van der Waals surface area contributed by atoms with Gasteiger partial charge in [-0.15, -0.1) is 0 Å². The molecular formula is C28H27Cl2N5O2. The van der Waals surface area contributed by atoms with E-state index in [-0.39, 0.29) is 27.6 Å². The topological polar surface area (TPSA) is 104 Å². The van der Waals surface area contributed by atoms with Gasteiger partial charge in [0.1, 0.15) is 5.82 Å². The smallest absolute Gasteiger partial charge is 0.166 e. The number of anilines is 3. The molecule has 3 heterocycles. The van der Waals surface area contributed by atoms with Crippen molar-refractivity contribution >= 4 is 57.1 Å². The van der Waals surface area contributed by atoms with Crippen molar-refractivity contribution in [2.45, 2.75) is 32.2 Å². The number of fused-ring (bicyclic) bond motifs is 1. The van der Waals surface area contributed by atoms with Crippen molar-refractivity contribution in [3.8, 4) is 16.9 Å². The first kappa shape index (κ1) is 25.3. The number of ketones is 1. The first-order chi connectivity index (χ1) is 17.8. The molecule has 4 N–H and O–H groups in total. The largest absolute Gasteiger partial charge is 0.505 e. The van der Waals surface area contributed by atoms with E-state index in [0.29, 0.717) is 17.7 Å². The predicted octanol–water partition coefficient (Wildman–Crippen LogP) is 6.57. The summed E-state index contributed by atoms with van der Waals surface area (Å²) in [6.07, 6.45) is 5.81. The number of aromatic nitrogens is 2. The summed E-state index contributed by atoms with van der Waals surface area (Å²) in [5.41, 5.74) is 10.3. The highest BCUT2D eigenvalue weighted by Gasteiger charge is 2.19. The number of aromatic hydroxyl groups is 1. The van der Waals surface area contributed by atoms with Gasteiger partial charge in [0, 0.05) is 37.1 Å². The van der Waals surface area contributed by atoms with Gasteiger partial charge in [-0.1, -0.05) is 36.2 Å². The molecule has 4 aromatic rings. The molecule has 0 saturated carbocycles. The van der Waals surface area contributed by atoms with Gasteiger partial charge in [-0.25, -0.2) is 4.98 Å². The van der Waals surface area contributed by atoms with Gasteiger partial charge >= 0.3 is 0 Å². The van der Waals surface area contributed by atoms with Crippen LogP contribution in [0.15, 0.2) is 54.9 Å². The van der Waals surface area contributed by atoms with Crippen LogP contribution >= 0.6 is 23.2 Å². The highest BCUT2D eigenvalue weighted by molar-refractivity contribution is 6.37. The summed E-state index contributed by atoms with van der Waals surface area (Å²) in [7, 11) is 0. The molecule has 1 fully saturated rings. The Morgan fingerprint density at radius 1 is 1.11 bits per heavy atom. The van der Waals surface area contributed by atoms with Crippen LogP contribution < -0.4 is 16.0 Å². The molecule has 37 heavy (non-hydrogen) atoms. The van der Waals surface area contributed by atoms with E-state index >= 15 is 0 Å². The molecule has 0 bridgehead atoms. The molecule has 0 radical (unpaired) electrons. The number of piperidine rings is 1. The van der Waals surface area contributed by atoms with Crippen LogP contribution in [0.4, 0.5) is 17.2 Å². The number of phenolic OH excluding ortho intramolecular Hbond substituents is 1. The SMILES string of the molecule is CCC(=O)c1cnc2ccc(-c3cc(Cl)c(O)c(Cl)c3)cc2c1Nc1ccc(N2CCC[C@H](N)C2)nc1. The minimum atomic E-state index is -0.157. The van der Waals surface area contributed by atoms with Crippen molar-refractivity contribution in [3.05, 3.63) is 70.5 Å². The summed E-state index contributed by atoms with van der Waals surface area (Å²) < 4.78 is 0. The summed E-state index contributed by atoms with van der Waals surface area (Å²) in [5.74, 6) is 0.702. The molecule has 0 aliphatic carbocycles. The van der Waals surface area contributed by atoms with E-state index in [9.17, 15) is 9.90 Å². The van der Waals surface area contributed by atoms with Crippen molar-refractivity contribution in [3.63, 3.8) is 0 Å². The average Bonchev–Trinajstić information content (AvgIpc) is 2.91. The number of hydrogen-bond donors (Lipinski definition) is 3. The van der Waals surface area contributed by atoms with E-state index in [4.69, 9.17) is 28.9 Å². The number of nitrogens with one attached hydrogen (secondary N) is 1. The van der Waals surface area contributed by atoms with Gasteiger partial charge in [0.2, 0.25) is 0 Å². The number of phenols is 1. The molecule has 0 spiro atoms. The second-order valence-corrected chi connectivity index (χ2v) is 10.0. The summed E-state index contributed by atoms with van der Waals surface area (Å²) >= 11 is 12.3. The number of rotatable bonds is 6. The van der Waals surface area contributed by atoms with E-state index in [2.05, 4.69) is 20.2 Å². The Morgan fingerprint density at radius 2 is 1.89 bits per heavy atom. The highest BCUT2D eigenvalue weighted by atomic mass is 35.5. The zero-order valence-corrected chi connectivity index (χ0v) is 21.9. The third-order valence-corrected chi connectivity index (χ3v) is 7.21. The molecule has 1 aliphatic heterocycles. The normalized spacial score (nSPS) is 15.7. The maximum atomic E-state index is 12.9. The Kier molecular flexibility index (Phi) is 7.20. The Labute approximate surface area is 225 Å². The third kappa shape index (κ3) is 5.21. The number of hydrogen-bond acceptors (Lipinski definition) is 7. The summed E-state index contributed by atoms with van der Waals surface area (Å²) in [6, 6.07) is 13.1. The molecule has 0 amide bonds. The minimum absolute atomic E-state index is 0.0232. The molecule has 5 rings (SSSR count). The first-order valence-corrected chi connectivity index (χ1v) is 13.0. The van der Waals surface area contributed by atoms with Crippen molar-refractivity contribution in [2.75, 3.05) is 23.3 Å². The average molecular weight is 536 g/mol. The number of nitrogens with two attached hydrogens (primary N) is 1. The Bertz CT molecular complexity index is 1450. The number of nitrogens with zero attached hydrogens (tertiary/aromatic N) is 3. The maximum Gasteiger partial charge on any atom is 0.166 e. The molecule has 1 atom stereocenters. The molecular weight excluding hydrogens is 509 g/mol. The molecule has 2 aromatic heterocycles. The van der Waals surface area contributed by atoms with Gasteiger partial charge in [-0.05, 0) is 60.4 Å². The van der Waals surface area contributed by atoms with E-state index in [1.807, 2.05) is 37.3 Å². The lowest BCUT2D eigenvalue weighted by atomic mass is 9.99. The van der Waals surface area contributed by atoms with E-state index < -0.39 is 0 Å². The highest BCUT2D eigenvalue weighted by Crippen LogP contribution is 2.38. The fourth-order valence-corrected chi connectivity index (χ4v) is 5.14. The van der Waals surface area contributed by atoms with Crippen LogP contribution in [0.3, 0.4) is 0 Å². The van der Waals surface area contributed by atoms with Gasteiger partial charge in [0.25, 0.3) is 0 Å². The minimum Gasteiger partial charge on any atom is -0.505 e. The Hall–Kier alpha value is -3.39. The van der Waals surface area contributed by atoms with Crippen LogP contribution in [0.2, 0.25) is 10.0 Å². The summed E-state index contributed by atoms with van der Waals surface area (Å²) in [4.78, 5) is 24.3. The van der Waals surface area contributed by atoms with Gasteiger partial charge in [0.05, 0.1) is 38.7 Å². The maximum absolute atomic E-state index is 12.9. The molecule has 190 valence electrons. The molecule has 1 aliphatic rings. The Morgan fingerprint density at radius 3 is 2.57 bits per heavy atom. The van der Waals surface area contributed by atoms with Crippen molar-refractivity contribution in [1.82, 2.24) is 9.97 Å². The lowest BCUT2D eigenvalue weighted by Gasteiger charge is -2.31. The van der Waals surface area contributed by atoms with Crippen LogP contribution in [-0.4, -0.2) is 40.0 Å². The fourth-order valence-electron chi connectivity index (χ4n) is 4.65. The third-order valence-electron chi connectivity index (χ3n) is 6.64. The van der Waals surface area contributed by atoms with Crippen molar-refractivity contribution in [1.29, 1.82) is 0 Å². The van der Waals surface area contributed by atoms with Crippen LogP contribution in [0, 0.1) is 0 Å². The van der Waals surface area contributed by atoms with Crippen LogP contribution in [0.25, 0.3) is 22.0 Å². The monoisotopic (exact) mass is 535 g/mol. The van der Waals surface area contributed by atoms with E-state index in [1.54, 1.807) is 24.5 Å². The number of Topliss-reactive ketones (excluding diaryl/α,β-unsaturated/α-hetero) is 1. The number of benzene rings is 2. The van der Waals surface area contributed by atoms with Gasteiger partial charge in [-0.3, -0.25) is 9.78 Å². The summed E-state index contributed by atoms with van der Waals surface area (Å²) in [5, 5.41) is 14.5. The molecule has 2 aromatic carbocycles. The number of carbonyl (C=O) groups is 1. The fraction of sp³-hybridized carbons (Fsp3) is 0.250. The van der Waals surface area contributed by atoms with Crippen molar-refractivity contribution < 1.29 is 9.90 Å². The lowest BCUT2D eigenvalue weighted by molar-refractivity contribution is 0.0988. The van der Waals surface area contributed by atoms with Gasteiger partial charge < -0.3 is 21.1 Å². The molecule has 7 nitrogen and oxygen atoms in total. The molecule has 0 unspecified atom stereocenters. The number of pyridine rings is 2. The van der Waals surface area contributed by atoms with Gasteiger partial charge in [0.15, 0.2) is 11.5 Å². The zero-order chi connectivity index (χ0) is 26.1. The standard InChI is InChI=1S/C28H27Cl2N5O2/c1-2-25(36)21-14-32-24-7-5-16(17-11-22(29)28(37)23(30)12-17)10-20(24)27(21)34-19-6-8-26(33-13-19)35-9-3-4-18(31)15-35/h5-8,10-14,18,37H,2-4,9,15,31H2,1H3,(H,32,34)/t18-/m0/s1.